The van der Waals surface area contributed by atoms with Gasteiger partial charge >= 0.3 is 0 Å². The predicted molar refractivity (Wildman–Crippen MR) is 68.4 cm³/mol. The molecule has 4 heteroatoms. The molecule has 88 valence electrons. The molecule has 1 heterocycles. The number of halogens is 1. The quantitative estimate of drug-likeness (QED) is 0.863. The number of amides is 1. The first-order valence-corrected chi connectivity index (χ1v) is 6.19. The lowest BCUT2D eigenvalue weighted by atomic mass is 9.99. The van der Waals surface area contributed by atoms with Crippen LogP contribution in [-0.4, -0.2) is 16.4 Å². The van der Waals surface area contributed by atoms with E-state index in [-0.39, 0.29) is 11.4 Å². The topological polar surface area (TPSA) is 42.0 Å². The van der Waals surface area contributed by atoms with Crippen LogP contribution < -0.4 is 5.32 Å². The van der Waals surface area contributed by atoms with Crippen LogP contribution in [0.4, 0.5) is 0 Å². The average molecular weight is 285 g/mol. The average Bonchev–Trinajstić information content (AvgIpc) is 2.16. The van der Waals surface area contributed by atoms with Crippen molar-refractivity contribution in [2.24, 2.45) is 0 Å². The Bertz CT molecular complexity index is 377. The van der Waals surface area contributed by atoms with Crippen LogP contribution in [0.2, 0.25) is 0 Å². The number of aromatic nitrogens is 1. The zero-order valence-corrected chi connectivity index (χ0v) is 11.5. The van der Waals surface area contributed by atoms with E-state index in [1.165, 1.54) is 0 Å². The van der Waals surface area contributed by atoms with Crippen LogP contribution in [0.5, 0.6) is 0 Å². The number of carbonyl (C=O) groups is 1. The molecule has 0 spiro atoms. The maximum Gasteiger partial charge on any atom is 0.270 e. The monoisotopic (exact) mass is 284 g/mol. The SMILES string of the molecule is CCCC(C)(C)NC(=O)c1cccc(Br)n1. The fraction of sp³-hybridized carbons (Fsp3) is 0.500. The summed E-state index contributed by atoms with van der Waals surface area (Å²) >= 11 is 3.25. The number of hydrogen-bond donors (Lipinski definition) is 1. The molecule has 0 aliphatic carbocycles. The summed E-state index contributed by atoms with van der Waals surface area (Å²) in [6.07, 6.45) is 1.99. The lowest BCUT2D eigenvalue weighted by Crippen LogP contribution is -2.43. The maximum atomic E-state index is 11.9. The van der Waals surface area contributed by atoms with E-state index in [1.807, 2.05) is 13.8 Å². The van der Waals surface area contributed by atoms with Crippen LogP contribution in [0, 0.1) is 0 Å². The molecule has 1 aromatic rings. The Morgan fingerprint density at radius 2 is 2.19 bits per heavy atom. The first-order chi connectivity index (χ1) is 7.44. The molecule has 0 bridgehead atoms. The van der Waals surface area contributed by atoms with Crippen LogP contribution in [0.15, 0.2) is 22.8 Å². The smallest absolute Gasteiger partial charge is 0.270 e. The van der Waals surface area contributed by atoms with Gasteiger partial charge in [-0.05, 0) is 48.3 Å². The Kier molecular flexibility index (Phi) is 4.47. The molecule has 0 aromatic carbocycles. The van der Waals surface area contributed by atoms with Crippen molar-refractivity contribution in [3.63, 3.8) is 0 Å². The summed E-state index contributed by atoms with van der Waals surface area (Å²) in [4.78, 5) is 16.0. The molecule has 0 radical (unpaired) electrons. The molecule has 0 fully saturated rings. The second-order valence-electron chi connectivity index (χ2n) is 4.43. The Labute approximate surface area is 105 Å². The van der Waals surface area contributed by atoms with Crippen molar-refractivity contribution >= 4 is 21.8 Å². The number of nitrogens with zero attached hydrogens (tertiary/aromatic N) is 1. The lowest BCUT2D eigenvalue weighted by Gasteiger charge is -2.25. The molecule has 16 heavy (non-hydrogen) atoms. The minimum absolute atomic E-state index is 0.125. The fourth-order valence-electron chi connectivity index (χ4n) is 1.59. The van der Waals surface area contributed by atoms with Gasteiger partial charge in [-0.1, -0.05) is 19.4 Å². The van der Waals surface area contributed by atoms with Gasteiger partial charge in [0.05, 0.1) is 0 Å². The standard InChI is InChI=1S/C12H17BrN2O/c1-4-8-12(2,3)15-11(16)9-6-5-7-10(13)14-9/h5-7H,4,8H2,1-3H3,(H,15,16). The largest absolute Gasteiger partial charge is 0.346 e. The third-order valence-electron chi connectivity index (χ3n) is 2.27. The van der Waals surface area contributed by atoms with Gasteiger partial charge in [0.1, 0.15) is 10.3 Å². The van der Waals surface area contributed by atoms with Gasteiger partial charge < -0.3 is 5.32 Å². The van der Waals surface area contributed by atoms with Crippen LogP contribution >= 0.6 is 15.9 Å². The third-order valence-corrected chi connectivity index (χ3v) is 2.72. The Morgan fingerprint density at radius 3 is 2.75 bits per heavy atom. The van der Waals surface area contributed by atoms with Crippen molar-refractivity contribution in [3.05, 3.63) is 28.5 Å². The predicted octanol–water partition coefficient (Wildman–Crippen LogP) is 3.15. The summed E-state index contributed by atoms with van der Waals surface area (Å²) in [7, 11) is 0. The zero-order valence-electron chi connectivity index (χ0n) is 9.88. The van der Waals surface area contributed by atoms with Gasteiger partial charge in [-0.2, -0.15) is 0 Å². The summed E-state index contributed by atoms with van der Waals surface area (Å²) in [6, 6.07) is 5.31. The number of pyridine rings is 1. The van der Waals surface area contributed by atoms with E-state index in [9.17, 15) is 4.79 Å². The van der Waals surface area contributed by atoms with E-state index < -0.39 is 0 Å². The molecule has 1 aromatic heterocycles. The highest BCUT2D eigenvalue weighted by Crippen LogP contribution is 2.12. The van der Waals surface area contributed by atoms with E-state index in [0.717, 1.165) is 12.8 Å². The van der Waals surface area contributed by atoms with Crippen molar-refractivity contribution in [1.29, 1.82) is 0 Å². The number of rotatable bonds is 4. The summed E-state index contributed by atoms with van der Waals surface area (Å²) < 4.78 is 0.674. The van der Waals surface area contributed by atoms with Gasteiger partial charge in [0, 0.05) is 5.54 Å². The van der Waals surface area contributed by atoms with Gasteiger partial charge in [-0.15, -0.1) is 0 Å². The first kappa shape index (κ1) is 13.2. The van der Waals surface area contributed by atoms with Crippen molar-refractivity contribution in [1.82, 2.24) is 10.3 Å². The van der Waals surface area contributed by atoms with Crippen molar-refractivity contribution in [2.75, 3.05) is 0 Å². The molecule has 0 saturated heterocycles. The molecule has 1 rings (SSSR count). The second-order valence-corrected chi connectivity index (χ2v) is 5.25. The van der Waals surface area contributed by atoms with Gasteiger partial charge in [0.2, 0.25) is 0 Å². The molecular formula is C12H17BrN2O. The molecule has 0 saturated carbocycles. The molecule has 3 nitrogen and oxygen atoms in total. The van der Waals surface area contributed by atoms with Gasteiger partial charge in [-0.3, -0.25) is 4.79 Å². The maximum absolute atomic E-state index is 11.9. The minimum atomic E-state index is -0.185. The highest BCUT2D eigenvalue weighted by molar-refractivity contribution is 9.10. The molecule has 0 aliphatic rings. The number of nitrogens with one attached hydrogen (secondary N) is 1. The highest BCUT2D eigenvalue weighted by Gasteiger charge is 2.20. The normalized spacial score (nSPS) is 11.2. The highest BCUT2D eigenvalue weighted by atomic mass is 79.9. The van der Waals surface area contributed by atoms with E-state index in [4.69, 9.17) is 0 Å². The summed E-state index contributed by atoms with van der Waals surface area (Å²) in [6.45, 7) is 6.14. The van der Waals surface area contributed by atoms with Gasteiger partial charge in [0.15, 0.2) is 0 Å². The van der Waals surface area contributed by atoms with Crippen LogP contribution in [0.3, 0.4) is 0 Å². The Morgan fingerprint density at radius 1 is 1.50 bits per heavy atom. The molecule has 1 amide bonds. The third kappa shape index (κ3) is 3.93. The van der Waals surface area contributed by atoms with Crippen LogP contribution in [0.25, 0.3) is 0 Å². The van der Waals surface area contributed by atoms with Gasteiger partial charge in [-0.25, -0.2) is 4.98 Å². The molecular weight excluding hydrogens is 268 g/mol. The summed E-state index contributed by atoms with van der Waals surface area (Å²) in [5.41, 5.74) is 0.258. The summed E-state index contributed by atoms with van der Waals surface area (Å²) in [5.74, 6) is -0.125. The van der Waals surface area contributed by atoms with Crippen LogP contribution in [0.1, 0.15) is 44.1 Å². The van der Waals surface area contributed by atoms with Crippen molar-refractivity contribution in [2.45, 2.75) is 39.2 Å². The van der Waals surface area contributed by atoms with E-state index in [1.54, 1.807) is 18.2 Å². The minimum Gasteiger partial charge on any atom is -0.346 e. The lowest BCUT2D eigenvalue weighted by molar-refractivity contribution is 0.0903. The van der Waals surface area contributed by atoms with Crippen molar-refractivity contribution < 1.29 is 4.79 Å². The van der Waals surface area contributed by atoms with E-state index in [0.29, 0.717) is 10.3 Å². The second kappa shape index (κ2) is 5.43. The number of carbonyl (C=O) groups excluding carboxylic acids is 1. The molecule has 0 aliphatic heterocycles. The molecule has 0 unspecified atom stereocenters. The molecule has 0 atom stereocenters. The fourth-order valence-corrected chi connectivity index (χ4v) is 1.94. The van der Waals surface area contributed by atoms with E-state index in [2.05, 4.69) is 33.2 Å². The van der Waals surface area contributed by atoms with Crippen LogP contribution in [-0.2, 0) is 0 Å². The van der Waals surface area contributed by atoms with Crippen molar-refractivity contribution in [3.8, 4) is 0 Å². The van der Waals surface area contributed by atoms with E-state index >= 15 is 0 Å². The zero-order chi connectivity index (χ0) is 12.2. The first-order valence-electron chi connectivity index (χ1n) is 5.39. The molecule has 1 N–H and O–H groups in total. The Balaban J connectivity index is 2.72. The number of hydrogen-bond acceptors (Lipinski definition) is 2. The summed E-state index contributed by atoms with van der Waals surface area (Å²) in [5, 5.41) is 2.98. The van der Waals surface area contributed by atoms with Gasteiger partial charge in [0.25, 0.3) is 5.91 Å². The Hall–Kier alpha value is -0.900.